The van der Waals surface area contributed by atoms with E-state index in [1.165, 1.54) is 17.8 Å². The summed E-state index contributed by atoms with van der Waals surface area (Å²) in [6, 6.07) is 4.93. The Morgan fingerprint density at radius 2 is 2.00 bits per heavy atom. The van der Waals surface area contributed by atoms with Gasteiger partial charge in [-0.1, -0.05) is 6.07 Å². The maximum atomic E-state index is 13.9. The third kappa shape index (κ3) is 3.75. The molecular formula is C14H16FN3S. The highest BCUT2D eigenvalue weighted by atomic mass is 32.2. The van der Waals surface area contributed by atoms with E-state index in [9.17, 15) is 4.39 Å². The van der Waals surface area contributed by atoms with Crippen molar-refractivity contribution in [3.8, 4) is 0 Å². The molecule has 0 amide bonds. The highest BCUT2D eigenvalue weighted by Gasteiger charge is 2.12. The Bertz CT molecular complexity index is 555. The zero-order chi connectivity index (χ0) is 13.8. The van der Waals surface area contributed by atoms with Gasteiger partial charge >= 0.3 is 0 Å². The zero-order valence-electron chi connectivity index (χ0n) is 10.9. The summed E-state index contributed by atoms with van der Waals surface area (Å²) in [6.45, 7) is 3.79. The SMILES string of the molecule is Cc1cnc(Sc2cccc(F)c2CC(C)N)nc1. The fourth-order valence-corrected chi connectivity index (χ4v) is 2.54. The van der Waals surface area contributed by atoms with Crippen LogP contribution in [-0.4, -0.2) is 16.0 Å². The Kier molecular flexibility index (Phi) is 4.50. The van der Waals surface area contributed by atoms with E-state index in [1.807, 2.05) is 19.9 Å². The van der Waals surface area contributed by atoms with Gasteiger partial charge in [-0.3, -0.25) is 0 Å². The van der Waals surface area contributed by atoms with Crippen LogP contribution in [0.5, 0.6) is 0 Å². The maximum Gasteiger partial charge on any atom is 0.192 e. The van der Waals surface area contributed by atoms with Crippen molar-refractivity contribution in [3.05, 3.63) is 47.5 Å². The first-order valence-corrected chi connectivity index (χ1v) is 6.87. The molecule has 0 saturated carbocycles. The molecule has 5 heteroatoms. The number of rotatable bonds is 4. The largest absolute Gasteiger partial charge is 0.328 e. The summed E-state index contributed by atoms with van der Waals surface area (Å²) in [5.74, 6) is -0.227. The van der Waals surface area contributed by atoms with E-state index in [0.717, 1.165) is 10.5 Å². The third-order valence-electron chi connectivity index (χ3n) is 2.56. The van der Waals surface area contributed by atoms with Crippen LogP contribution >= 0.6 is 11.8 Å². The first-order valence-electron chi connectivity index (χ1n) is 6.05. The van der Waals surface area contributed by atoms with Crippen LogP contribution in [0.25, 0.3) is 0 Å². The van der Waals surface area contributed by atoms with Crippen LogP contribution in [0, 0.1) is 12.7 Å². The lowest BCUT2D eigenvalue weighted by molar-refractivity contribution is 0.588. The molecule has 2 rings (SSSR count). The molecule has 1 atom stereocenters. The van der Waals surface area contributed by atoms with Gasteiger partial charge in [0.25, 0.3) is 0 Å². The number of benzene rings is 1. The van der Waals surface area contributed by atoms with Crippen molar-refractivity contribution < 1.29 is 4.39 Å². The second kappa shape index (κ2) is 6.12. The molecule has 0 fully saturated rings. The lowest BCUT2D eigenvalue weighted by Gasteiger charge is -2.11. The van der Waals surface area contributed by atoms with Crippen molar-refractivity contribution in [2.24, 2.45) is 5.73 Å². The van der Waals surface area contributed by atoms with Crippen molar-refractivity contribution in [2.75, 3.05) is 0 Å². The highest BCUT2D eigenvalue weighted by Crippen LogP contribution is 2.30. The van der Waals surface area contributed by atoms with Gasteiger partial charge in [-0.2, -0.15) is 0 Å². The predicted molar refractivity (Wildman–Crippen MR) is 74.6 cm³/mol. The van der Waals surface area contributed by atoms with Crippen molar-refractivity contribution in [3.63, 3.8) is 0 Å². The van der Waals surface area contributed by atoms with Crippen LogP contribution in [-0.2, 0) is 6.42 Å². The fourth-order valence-electron chi connectivity index (χ4n) is 1.69. The lowest BCUT2D eigenvalue weighted by Crippen LogP contribution is -2.19. The van der Waals surface area contributed by atoms with E-state index >= 15 is 0 Å². The maximum absolute atomic E-state index is 13.9. The topological polar surface area (TPSA) is 51.8 Å². The molecule has 0 aliphatic carbocycles. The van der Waals surface area contributed by atoms with Crippen molar-refractivity contribution >= 4 is 11.8 Å². The molecule has 100 valence electrons. The molecule has 3 nitrogen and oxygen atoms in total. The minimum absolute atomic E-state index is 0.0878. The summed E-state index contributed by atoms with van der Waals surface area (Å²) in [5.41, 5.74) is 7.40. The summed E-state index contributed by atoms with van der Waals surface area (Å²) in [4.78, 5) is 9.26. The standard InChI is InChI=1S/C14H16FN3S/c1-9-7-17-14(18-8-9)19-13-5-3-4-12(15)11(13)6-10(2)16/h3-5,7-8,10H,6,16H2,1-2H3. The van der Waals surface area contributed by atoms with Gasteiger partial charge in [-0.25, -0.2) is 14.4 Å². The molecule has 0 radical (unpaired) electrons. The van der Waals surface area contributed by atoms with Gasteiger partial charge in [0.15, 0.2) is 5.16 Å². The lowest BCUT2D eigenvalue weighted by atomic mass is 10.1. The number of aryl methyl sites for hydroxylation is 1. The first-order chi connectivity index (χ1) is 9.06. The molecule has 2 N–H and O–H groups in total. The van der Waals surface area contributed by atoms with E-state index < -0.39 is 0 Å². The Hall–Kier alpha value is -1.46. The number of hydrogen-bond donors (Lipinski definition) is 1. The van der Waals surface area contributed by atoms with Crippen LogP contribution in [0.3, 0.4) is 0 Å². The minimum Gasteiger partial charge on any atom is -0.328 e. The van der Waals surface area contributed by atoms with Crippen LogP contribution < -0.4 is 5.73 Å². The quantitative estimate of drug-likeness (QED) is 0.873. The Labute approximate surface area is 116 Å². The van der Waals surface area contributed by atoms with E-state index in [1.54, 1.807) is 18.5 Å². The average Bonchev–Trinajstić information content (AvgIpc) is 2.36. The molecule has 0 saturated heterocycles. The van der Waals surface area contributed by atoms with Gasteiger partial charge in [-0.05, 0) is 49.7 Å². The summed E-state index contributed by atoms with van der Waals surface area (Å²) >= 11 is 1.36. The van der Waals surface area contributed by atoms with Crippen LogP contribution in [0.4, 0.5) is 4.39 Å². The van der Waals surface area contributed by atoms with Gasteiger partial charge in [0.2, 0.25) is 0 Å². The monoisotopic (exact) mass is 277 g/mol. The van der Waals surface area contributed by atoms with Gasteiger partial charge in [0.05, 0.1) is 0 Å². The Morgan fingerprint density at radius 3 is 2.63 bits per heavy atom. The number of aromatic nitrogens is 2. The average molecular weight is 277 g/mol. The number of hydrogen-bond acceptors (Lipinski definition) is 4. The number of nitrogens with zero attached hydrogens (tertiary/aromatic N) is 2. The molecule has 1 heterocycles. The molecule has 1 unspecified atom stereocenters. The van der Waals surface area contributed by atoms with Crippen LogP contribution in [0.2, 0.25) is 0 Å². The van der Waals surface area contributed by atoms with Gasteiger partial charge in [0, 0.05) is 28.9 Å². The third-order valence-corrected chi connectivity index (χ3v) is 3.56. The van der Waals surface area contributed by atoms with Crippen LogP contribution in [0.1, 0.15) is 18.1 Å². The van der Waals surface area contributed by atoms with Gasteiger partial charge in [0.1, 0.15) is 5.82 Å². The molecule has 0 spiro atoms. The van der Waals surface area contributed by atoms with E-state index in [2.05, 4.69) is 9.97 Å². The van der Waals surface area contributed by atoms with Crippen molar-refractivity contribution in [1.29, 1.82) is 0 Å². The fraction of sp³-hybridized carbons (Fsp3) is 0.286. The Balaban J connectivity index is 2.29. The van der Waals surface area contributed by atoms with E-state index in [0.29, 0.717) is 17.1 Å². The van der Waals surface area contributed by atoms with E-state index in [4.69, 9.17) is 5.73 Å². The van der Waals surface area contributed by atoms with Gasteiger partial charge < -0.3 is 5.73 Å². The van der Waals surface area contributed by atoms with Crippen molar-refractivity contribution in [1.82, 2.24) is 9.97 Å². The summed E-state index contributed by atoms with van der Waals surface area (Å²) < 4.78 is 13.9. The highest BCUT2D eigenvalue weighted by molar-refractivity contribution is 7.99. The molecule has 0 bridgehead atoms. The smallest absolute Gasteiger partial charge is 0.192 e. The summed E-state index contributed by atoms with van der Waals surface area (Å²) in [7, 11) is 0. The minimum atomic E-state index is -0.227. The van der Waals surface area contributed by atoms with Crippen molar-refractivity contribution in [2.45, 2.75) is 36.4 Å². The molecule has 0 aliphatic heterocycles. The molecule has 2 aromatic rings. The first kappa shape index (κ1) is 14.0. The van der Waals surface area contributed by atoms with Gasteiger partial charge in [-0.15, -0.1) is 0 Å². The normalized spacial score (nSPS) is 12.4. The van der Waals surface area contributed by atoms with E-state index in [-0.39, 0.29) is 11.9 Å². The molecule has 0 aliphatic rings. The predicted octanol–water partition coefficient (Wildman–Crippen LogP) is 2.97. The zero-order valence-corrected chi connectivity index (χ0v) is 11.7. The Morgan fingerprint density at radius 1 is 1.32 bits per heavy atom. The molecule has 1 aromatic carbocycles. The van der Waals surface area contributed by atoms with Crippen LogP contribution in [0.15, 0.2) is 40.6 Å². The second-order valence-corrected chi connectivity index (χ2v) is 5.55. The second-order valence-electron chi connectivity index (χ2n) is 4.54. The molecule has 1 aromatic heterocycles. The summed E-state index contributed by atoms with van der Waals surface area (Å²) in [5, 5.41) is 0.613. The number of halogens is 1. The molecule has 19 heavy (non-hydrogen) atoms. The number of nitrogens with two attached hydrogens (primary N) is 1. The summed E-state index contributed by atoms with van der Waals surface area (Å²) in [6.07, 6.45) is 4.00. The molecular weight excluding hydrogens is 261 g/mol.